The van der Waals surface area contributed by atoms with Gasteiger partial charge in [0.05, 0.1) is 0 Å². The molecule has 2 aliphatic rings. The predicted molar refractivity (Wildman–Crippen MR) is 88.5 cm³/mol. The van der Waals surface area contributed by atoms with E-state index in [-0.39, 0.29) is 0 Å². The summed E-state index contributed by atoms with van der Waals surface area (Å²) in [6.45, 7) is 2.41. The van der Waals surface area contributed by atoms with Crippen molar-refractivity contribution in [2.45, 2.75) is 70.8 Å². The van der Waals surface area contributed by atoms with Crippen molar-refractivity contribution in [2.75, 3.05) is 7.05 Å². The van der Waals surface area contributed by atoms with Gasteiger partial charge in [0.1, 0.15) is 0 Å². The summed E-state index contributed by atoms with van der Waals surface area (Å²) in [6.07, 6.45) is 12.5. The number of rotatable bonds is 3. The van der Waals surface area contributed by atoms with Gasteiger partial charge in [-0.15, -0.1) is 11.3 Å². The maximum atomic E-state index is 3.64. The Morgan fingerprint density at radius 3 is 2.60 bits per heavy atom. The number of thiophene rings is 1. The SMILES string of the molecule is CNC(c1cc2c(s1)CCCCC2)C1CCC(C)CC1. The maximum Gasteiger partial charge on any atom is 0.0441 e. The van der Waals surface area contributed by atoms with E-state index >= 15 is 0 Å². The lowest BCUT2D eigenvalue weighted by Crippen LogP contribution is -2.27. The van der Waals surface area contributed by atoms with Gasteiger partial charge in [-0.05, 0) is 69.0 Å². The van der Waals surface area contributed by atoms with Crippen LogP contribution in [0.4, 0.5) is 0 Å². The lowest BCUT2D eigenvalue weighted by Gasteiger charge is -2.32. The third-order valence-corrected chi connectivity index (χ3v) is 6.74. The maximum absolute atomic E-state index is 3.64. The Morgan fingerprint density at radius 1 is 1.10 bits per heavy atom. The molecule has 1 atom stereocenters. The van der Waals surface area contributed by atoms with Gasteiger partial charge in [0.15, 0.2) is 0 Å². The zero-order valence-electron chi connectivity index (χ0n) is 13.1. The fourth-order valence-electron chi connectivity index (χ4n) is 4.07. The first-order valence-electron chi connectivity index (χ1n) is 8.56. The van der Waals surface area contributed by atoms with Crippen LogP contribution in [0.3, 0.4) is 0 Å². The monoisotopic (exact) mass is 291 g/mol. The van der Waals surface area contributed by atoms with Gasteiger partial charge < -0.3 is 5.32 Å². The molecule has 1 unspecified atom stereocenters. The van der Waals surface area contributed by atoms with Gasteiger partial charge in [0.25, 0.3) is 0 Å². The first-order valence-corrected chi connectivity index (χ1v) is 9.38. The van der Waals surface area contributed by atoms with Crippen molar-refractivity contribution < 1.29 is 0 Å². The molecule has 1 nitrogen and oxygen atoms in total. The summed E-state index contributed by atoms with van der Waals surface area (Å²) in [7, 11) is 2.16. The molecule has 0 saturated heterocycles. The molecule has 0 radical (unpaired) electrons. The molecule has 1 N–H and O–H groups in total. The zero-order chi connectivity index (χ0) is 13.9. The molecule has 1 saturated carbocycles. The second-order valence-electron chi connectivity index (χ2n) is 6.94. The first kappa shape index (κ1) is 14.6. The van der Waals surface area contributed by atoms with E-state index < -0.39 is 0 Å². The highest BCUT2D eigenvalue weighted by molar-refractivity contribution is 7.12. The van der Waals surface area contributed by atoms with Gasteiger partial charge >= 0.3 is 0 Å². The average Bonchev–Trinajstić information content (AvgIpc) is 2.72. The van der Waals surface area contributed by atoms with E-state index in [1.165, 1.54) is 57.8 Å². The molecule has 2 aliphatic carbocycles. The molecule has 0 aromatic carbocycles. The van der Waals surface area contributed by atoms with Crippen LogP contribution < -0.4 is 5.32 Å². The van der Waals surface area contributed by atoms with Crippen molar-refractivity contribution in [3.8, 4) is 0 Å². The summed E-state index contributed by atoms with van der Waals surface area (Å²) < 4.78 is 0. The Morgan fingerprint density at radius 2 is 1.85 bits per heavy atom. The summed E-state index contributed by atoms with van der Waals surface area (Å²) in [6, 6.07) is 3.16. The summed E-state index contributed by atoms with van der Waals surface area (Å²) in [5.41, 5.74) is 1.67. The highest BCUT2D eigenvalue weighted by Gasteiger charge is 2.28. The van der Waals surface area contributed by atoms with Crippen LogP contribution in [0.25, 0.3) is 0 Å². The molecular formula is C18H29NS. The molecule has 3 rings (SSSR count). The normalized spacial score (nSPS) is 28.7. The minimum absolute atomic E-state index is 0.611. The van der Waals surface area contributed by atoms with Crippen LogP contribution in [-0.4, -0.2) is 7.05 Å². The van der Waals surface area contributed by atoms with Gasteiger partial charge in [-0.2, -0.15) is 0 Å². The van der Waals surface area contributed by atoms with Crippen LogP contribution in [0.1, 0.15) is 73.2 Å². The third kappa shape index (κ3) is 3.12. The Balaban J connectivity index is 1.75. The lowest BCUT2D eigenvalue weighted by molar-refractivity contribution is 0.240. The number of hydrogen-bond donors (Lipinski definition) is 1. The third-order valence-electron chi connectivity index (χ3n) is 5.42. The summed E-state index contributed by atoms with van der Waals surface area (Å²) in [5.74, 6) is 1.81. The van der Waals surface area contributed by atoms with Gasteiger partial charge in [-0.25, -0.2) is 0 Å². The zero-order valence-corrected chi connectivity index (χ0v) is 13.9. The molecule has 1 heterocycles. The van der Waals surface area contributed by atoms with Crippen molar-refractivity contribution in [1.82, 2.24) is 5.32 Å². The van der Waals surface area contributed by atoms with Crippen molar-refractivity contribution in [2.24, 2.45) is 11.8 Å². The second kappa shape index (κ2) is 6.62. The first-order chi connectivity index (χ1) is 9.78. The van der Waals surface area contributed by atoms with E-state index in [0.717, 1.165) is 11.8 Å². The Hall–Kier alpha value is -0.340. The Kier molecular flexibility index (Phi) is 4.83. The van der Waals surface area contributed by atoms with Crippen LogP contribution >= 0.6 is 11.3 Å². The number of nitrogens with one attached hydrogen (secondary N) is 1. The molecule has 0 amide bonds. The smallest absolute Gasteiger partial charge is 0.0441 e. The van der Waals surface area contributed by atoms with Gasteiger partial charge in [-0.1, -0.05) is 26.2 Å². The average molecular weight is 292 g/mol. The van der Waals surface area contributed by atoms with Crippen LogP contribution in [0.15, 0.2) is 6.07 Å². The molecule has 1 aromatic heterocycles. The minimum Gasteiger partial charge on any atom is -0.312 e. The summed E-state index contributed by atoms with van der Waals surface area (Å²) in [4.78, 5) is 3.32. The Bertz CT molecular complexity index is 405. The number of hydrogen-bond acceptors (Lipinski definition) is 2. The van der Waals surface area contributed by atoms with Crippen molar-refractivity contribution in [1.29, 1.82) is 0 Å². The van der Waals surface area contributed by atoms with E-state index in [1.54, 1.807) is 15.3 Å². The highest BCUT2D eigenvalue weighted by atomic mass is 32.1. The molecule has 20 heavy (non-hydrogen) atoms. The quantitative estimate of drug-likeness (QED) is 0.764. The van der Waals surface area contributed by atoms with E-state index in [4.69, 9.17) is 0 Å². The predicted octanol–water partition coefficient (Wildman–Crippen LogP) is 5.10. The van der Waals surface area contributed by atoms with Crippen molar-refractivity contribution >= 4 is 11.3 Å². The Labute approximate surface area is 128 Å². The van der Waals surface area contributed by atoms with E-state index in [9.17, 15) is 0 Å². The molecule has 112 valence electrons. The fraction of sp³-hybridized carbons (Fsp3) is 0.778. The van der Waals surface area contributed by atoms with Gasteiger partial charge in [-0.3, -0.25) is 0 Å². The summed E-state index contributed by atoms with van der Waals surface area (Å²) in [5, 5.41) is 3.64. The highest BCUT2D eigenvalue weighted by Crippen LogP contribution is 2.40. The van der Waals surface area contributed by atoms with Gasteiger partial charge in [0, 0.05) is 15.8 Å². The number of aryl methyl sites for hydroxylation is 2. The van der Waals surface area contributed by atoms with E-state index in [1.807, 2.05) is 0 Å². The van der Waals surface area contributed by atoms with E-state index in [0.29, 0.717) is 6.04 Å². The molecule has 1 aromatic rings. The van der Waals surface area contributed by atoms with Crippen molar-refractivity contribution in [3.63, 3.8) is 0 Å². The van der Waals surface area contributed by atoms with Crippen LogP contribution in [0, 0.1) is 11.8 Å². The van der Waals surface area contributed by atoms with Crippen LogP contribution in [0.2, 0.25) is 0 Å². The molecule has 0 aliphatic heterocycles. The largest absolute Gasteiger partial charge is 0.312 e. The molecule has 0 bridgehead atoms. The lowest BCUT2D eigenvalue weighted by atomic mass is 9.79. The minimum atomic E-state index is 0.611. The number of fused-ring (bicyclic) bond motifs is 1. The topological polar surface area (TPSA) is 12.0 Å². The van der Waals surface area contributed by atoms with Crippen LogP contribution in [0.5, 0.6) is 0 Å². The molecule has 1 fully saturated rings. The summed E-state index contributed by atoms with van der Waals surface area (Å²) >= 11 is 2.11. The van der Waals surface area contributed by atoms with E-state index in [2.05, 4.69) is 36.7 Å². The fourth-order valence-corrected chi connectivity index (χ4v) is 5.53. The van der Waals surface area contributed by atoms with Crippen molar-refractivity contribution in [3.05, 3.63) is 21.4 Å². The van der Waals surface area contributed by atoms with Gasteiger partial charge in [0.2, 0.25) is 0 Å². The molecule has 0 spiro atoms. The van der Waals surface area contributed by atoms with Crippen LogP contribution in [-0.2, 0) is 12.8 Å². The standard InChI is InChI=1S/C18H29NS/c1-13-8-10-14(11-9-13)18(19-2)17-12-15-6-4-3-5-7-16(15)20-17/h12-14,18-19H,3-11H2,1-2H3. The molecule has 2 heteroatoms. The second-order valence-corrected chi connectivity index (χ2v) is 8.11. The molecular weight excluding hydrogens is 262 g/mol.